The van der Waals surface area contributed by atoms with E-state index in [4.69, 9.17) is 0 Å². The SMILES string of the molecule is CCC(=O)C(=O)c1cn(C)cc1C(=O)OC. The van der Waals surface area contributed by atoms with Crippen LogP contribution in [0.3, 0.4) is 0 Å². The van der Waals surface area contributed by atoms with Gasteiger partial charge >= 0.3 is 5.97 Å². The van der Waals surface area contributed by atoms with Crippen molar-refractivity contribution < 1.29 is 19.1 Å². The lowest BCUT2D eigenvalue weighted by Crippen LogP contribution is -2.15. The van der Waals surface area contributed by atoms with Gasteiger partial charge < -0.3 is 9.30 Å². The number of methoxy groups -OCH3 is 1. The average Bonchev–Trinajstić information content (AvgIpc) is 2.68. The molecule has 1 rings (SSSR count). The molecule has 0 aliphatic carbocycles. The van der Waals surface area contributed by atoms with Gasteiger partial charge in [0.2, 0.25) is 11.6 Å². The second-order valence-electron chi connectivity index (χ2n) is 3.35. The van der Waals surface area contributed by atoms with E-state index >= 15 is 0 Å². The lowest BCUT2D eigenvalue weighted by molar-refractivity contribution is -0.114. The summed E-state index contributed by atoms with van der Waals surface area (Å²) >= 11 is 0. The average molecular weight is 223 g/mol. The number of Topliss-reactive ketones (excluding diaryl/α,β-unsaturated/α-hetero) is 2. The smallest absolute Gasteiger partial charge is 0.340 e. The molecule has 1 heterocycles. The van der Waals surface area contributed by atoms with Crippen LogP contribution >= 0.6 is 0 Å². The fourth-order valence-electron chi connectivity index (χ4n) is 1.35. The molecule has 0 aliphatic rings. The lowest BCUT2D eigenvalue weighted by atomic mass is 10.1. The molecule has 0 spiro atoms. The summed E-state index contributed by atoms with van der Waals surface area (Å²) in [4.78, 5) is 34.3. The van der Waals surface area contributed by atoms with E-state index in [1.54, 1.807) is 18.5 Å². The summed E-state index contributed by atoms with van der Waals surface area (Å²) in [6.45, 7) is 1.60. The quantitative estimate of drug-likeness (QED) is 0.433. The number of esters is 1. The third kappa shape index (κ3) is 2.18. The van der Waals surface area contributed by atoms with Crippen molar-refractivity contribution in [2.45, 2.75) is 13.3 Å². The van der Waals surface area contributed by atoms with Gasteiger partial charge in [0, 0.05) is 25.9 Å². The van der Waals surface area contributed by atoms with E-state index in [-0.39, 0.29) is 17.5 Å². The Morgan fingerprint density at radius 1 is 1.25 bits per heavy atom. The van der Waals surface area contributed by atoms with Gasteiger partial charge in [-0.25, -0.2) is 4.79 Å². The highest BCUT2D eigenvalue weighted by Gasteiger charge is 2.23. The van der Waals surface area contributed by atoms with Crippen LogP contribution < -0.4 is 0 Å². The topological polar surface area (TPSA) is 65.4 Å². The van der Waals surface area contributed by atoms with Gasteiger partial charge in [0.05, 0.1) is 18.2 Å². The molecule has 5 heteroatoms. The van der Waals surface area contributed by atoms with Gasteiger partial charge in [0.25, 0.3) is 0 Å². The van der Waals surface area contributed by atoms with E-state index in [9.17, 15) is 14.4 Å². The molecule has 1 aromatic heterocycles. The number of aromatic nitrogens is 1. The summed E-state index contributed by atoms with van der Waals surface area (Å²) in [6.07, 6.45) is 3.03. The van der Waals surface area contributed by atoms with Crippen molar-refractivity contribution in [3.8, 4) is 0 Å². The molecule has 0 N–H and O–H groups in total. The second-order valence-corrected chi connectivity index (χ2v) is 3.35. The number of carbonyl (C=O) groups excluding carboxylic acids is 3. The van der Waals surface area contributed by atoms with E-state index in [1.165, 1.54) is 19.5 Å². The van der Waals surface area contributed by atoms with E-state index in [0.29, 0.717) is 0 Å². The van der Waals surface area contributed by atoms with Gasteiger partial charge in [-0.3, -0.25) is 9.59 Å². The molecule has 0 aliphatic heterocycles. The van der Waals surface area contributed by atoms with Crippen molar-refractivity contribution in [2.24, 2.45) is 7.05 Å². The maximum atomic E-state index is 11.7. The number of ether oxygens (including phenoxy) is 1. The molecular formula is C11H13NO4. The van der Waals surface area contributed by atoms with Crippen LogP contribution in [0.1, 0.15) is 34.1 Å². The Labute approximate surface area is 93.0 Å². The summed E-state index contributed by atoms with van der Waals surface area (Å²) in [5.41, 5.74) is 0.220. The highest BCUT2D eigenvalue weighted by molar-refractivity contribution is 6.44. The number of nitrogens with zero attached hydrogens (tertiary/aromatic N) is 1. The van der Waals surface area contributed by atoms with Crippen molar-refractivity contribution in [2.75, 3.05) is 7.11 Å². The molecule has 0 aromatic carbocycles. The van der Waals surface area contributed by atoms with Crippen LogP contribution in [0.2, 0.25) is 0 Å². The second kappa shape index (κ2) is 4.74. The van der Waals surface area contributed by atoms with Gasteiger partial charge in [-0.2, -0.15) is 0 Å². The highest BCUT2D eigenvalue weighted by atomic mass is 16.5. The normalized spacial score (nSPS) is 9.94. The van der Waals surface area contributed by atoms with Crippen molar-refractivity contribution in [3.05, 3.63) is 23.5 Å². The van der Waals surface area contributed by atoms with Crippen LogP contribution in [0, 0.1) is 0 Å². The molecule has 5 nitrogen and oxygen atoms in total. The predicted octanol–water partition coefficient (Wildman–Crippen LogP) is 0.974. The fraction of sp³-hybridized carbons (Fsp3) is 0.364. The number of rotatable bonds is 4. The molecule has 0 amide bonds. The maximum absolute atomic E-state index is 11.7. The molecule has 0 atom stereocenters. The zero-order valence-corrected chi connectivity index (χ0v) is 9.44. The van der Waals surface area contributed by atoms with Crippen molar-refractivity contribution in [3.63, 3.8) is 0 Å². The summed E-state index contributed by atoms with van der Waals surface area (Å²) in [7, 11) is 2.89. The Bertz CT molecular complexity index is 445. The monoisotopic (exact) mass is 223 g/mol. The molecule has 0 saturated heterocycles. The first-order valence-electron chi connectivity index (χ1n) is 4.83. The number of hydrogen-bond donors (Lipinski definition) is 0. The van der Waals surface area contributed by atoms with E-state index < -0.39 is 17.5 Å². The first-order valence-corrected chi connectivity index (χ1v) is 4.83. The molecular weight excluding hydrogens is 210 g/mol. The molecule has 0 bridgehead atoms. The number of carbonyl (C=O) groups is 3. The van der Waals surface area contributed by atoms with Crippen LogP contribution in [0.25, 0.3) is 0 Å². The summed E-state index contributed by atoms with van der Waals surface area (Å²) in [5, 5.41) is 0. The van der Waals surface area contributed by atoms with Gasteiger partial charge in [-0.05, 0) is 0 Å². The number of ketones is 2. The zero-order valence-electron chi connectivity index (χ0n) is 9.44. The molecule has 0 saturated carbocycles. The third-order valence-electron chi connectivity index (χ3n) is 2.18. The van der Waals surface area contributed by atoms with Crippen LogP contribution in [0.15, 0.2) is 12.4 Å². The molecule has 0 unspecified atom stereocenters. The minimum absolute atomic E-state index is 0.0983. The molecule has 16 heavy (non-hydrogen) atoms. The third-order valence-corrected chi connectivity index (χ3v) is 2.18. The standard InChI is InChI=1S/C11H13NO4/c1-4-9(13)10(14)7-5-12(2)6-8(7)11(15)16-3/h5-6H,4H2,1-3H3. The zero-order chi connectivity index (χ0) is 12.3. The van der Waals surface area contributed by atoms with Crippen LogP contribution in [0.5, 0.6) is 0 Å². The molecule has 0 fully saturated rings. The van der Waals surface area contributed by atoms with Gasteiger partial charge in [-0.1, -0.05) is 6.92 Å². The van der Waals surface area contributed by atoms with Crippen LogP contribution in [-0.2, 0) is 16.6 Å². The predicted molar refractivity (Wildman–Crippen MR) is 56.4 cm³/mol. The van der Waals surface area contributed by atoms with Gasteiger partial charge in [0.15, 0.2) is 0 Å². The van der Waals surface area contributed by atoms with E-state index in [2.05, 4.69) is 4.74 Å². The Balaban J connectivity index is 3.18. The molecule has 86 valence electrons. The number of aryl methyl sites for hydroxylation is 1. The molecule has 0 radical (unpaired) electrons. The Morgan fingerprint density at radius 3 is 2.31 bits per heavy atom. The Hall–Kier alpha value is -1.91. The van der Waals surface area contributed by atoms with E-state index in [1.807, 2.05) is 0 Å². The van der Waals surface area contributed by atoms with Gasteiger partial charge in [-0.15, -0.1) is 0 Å². The Kier molecular flexibility index (Phi) is 3.60. The first kappa shape index (κ1) is 12.2. The maximum Gasteiger partial charge on any atom is 0.340 e. The minimum atomic E-state index is -0.650. The van der Waals surface area contributed by atoms with Crippen LogP contribution in [0.4, 0.5) is 0 Å². The van der Waals surface area contributed by atoms with Crippen LogP contribution in [-0.4, -0.2) is 29.2 Å². The van der Waals surface area contributed by atoms with Gasteiger partial charge in [0.1, 0.15) is 0 Å². The highest BCUT2D eigenvalue weighted by Crippen LogP contribution is 2.13. The van der Waals surface area contributed by atoms with Crippen molar-refractivity contribution >= 4 is 17.5 Å². The minimum Gasteiger partial charge on any atom is -0.465 e. The fourth-order valence-corrected chi connectivity index (χ4v) is 1.35. The largest absolute Gasteiger partial charge is 0.465 e. The summed E-state index contributed by atoms with van der Waals surface area (Å²) in [5.74, 6) is -1.78. The number of hydrogen-bond acceptors (Lipinski definition) is 4. The molecule has 1 aromatic rings. The lowest BCUT2D eigenvalue weighted by Gasteiger charge is -1.99. The van der Waals surface area contributed by atoms with E-state index in [0.717, 1.165) is 0 Å². The summed E-state index contributed by atoms with van der Waals surface area (Å²) < 4.78 is 6.08. The first-order chi connectivity index (χ1) is 7.51. The summed E-state index contributed by atoms with van der Waals surface area (Å²) in [6, 6.07) is 0. The van der Waals surface area contributed by atoms with Crippen molar-refractivity contribution in [1.82, 2.24) is 4.57 Å². The Morgan fingerprint density at radius 2 is 1.81 bits per heavy atom. The van der Waals surface area contributed by atoms with Crippen molar-refractivity contribution in [1.29, 1.82) is 0 Å².